The first-order valence-electron chi connectivity index (χ1n) is 9.32. The van der Waals surface area contributed by atoms with Crippen molar-refractivity contribution in [2.75, 3.05) is 0 Å². The van der Waals surface area contributed by atoms with Crippen molar-refractivity contribution in [3.63, 3.8) is 0 Å². The molecular formula is C19H35N3O5. The SMILES string of the molecule is CCC(=O)[C@@H](N)CCCCC(=NC(=O)OC(C)(C)C)NC(=O)OC(C)(C)C. The van der Waals surface area contributed by atoms with Gasteiger partial charge in [0.25, 0.3) is 0 Å². The monoisotopic (exact) mass is 385 g/mol. The number of carbonyl (C=O) groups excluding carboxylic acids is 3. The standard InChI is InChI=1S/C19H35N3O5/c1-8-14(23)13(20)11-9-10-12-15(21-16(24)26-18(2,3)4)22-17(25)27-19(5,6)7/h13H,8-12,20H2,1-7H3,(H,21,22,24,25)/t13-/m0/s1. The molecule has 3 N–H and O–H groups in total. The fourth-order valence-corrected chi connectivity index (χ4v) is 2.04. The zero-order valence-electron chi connectivity index (χ0n) is 17.7. The lowest BCUT2D eigenvalue weighted by Gasteiger charge is -2.21. The Morgan fingerprint density at radius 3 is 2.04 bits per heavy atom. The lowest BCUT2D eigenvalue weighted by molar-refractivity contribution is -0.120. The molecular weight excluding hydrogens is 350 g/mol. The fraction of sp³-hybridized carbons (Fsp3) is 0.789. The molecule has 0 aromatic rings. The average molecular weight is 386 g/mol. The summed E-state index contributed by atoms with van der Waals surface area (Å²) in [4.78, 5) is 39.3. The number of amides is 2. The van der Waals surface area contributed by atoms with E-state index >= 15 is 0 Å². The van der Waals surface area contributed by atoms with Gasteiger partial charge in [0, 0.05) is 12.8 Å². The maximum Gasteiger partial charge on any atom is 0.435 e. The third kappa shape index (κ3) is 13.8. The van der Waals surface area contributed by atoms with Gasteiger partial charge < -0.3 is 15.2 Å². The number of hydrogen-bond acceptors (Lipinski definition) is 6. The van der Waals surface area contributed by atoms with Crippen LogP contribution in [0.2, 0.25) is 0 Å². The average Bonchev–Trinajstić information content (AvgIpc) is 2.46. The largest absolute Gasteiger partial charge is 0.444 e. The molecule has 0 unspecified atom stereocenters. The highest BCUT2D eigenvalue weighted by atomic mass is 16.6. The molecule has 0 radical (unpaired) electrons. The van der Waals surface area contributed by atoms with Crippen molar-refractivity contribution >= 4 is 23.8 Å². The zero-order valence-corrected chi connectivity index (χ0v) is 17.7. The van der Waals surface area contributed by atoms with Crippen molar-refractivity contribution in [1.29, 1.82) is 0 Å². The Balaban J connectivity index is 4.85. The normalized spacial score (nSPS) is 13.7. The van der Waals surface area contributed by atoms with Crippen LogP contribution in [0.15, 0.2) is 4.99 Å². The molecule has 1 atom stereocenters. The highest BCUT2D eigenvalue weighted by molar-refractivity contribution is 6.00. The van der Waals surface area contributed by atoms with E-state index in [1.165, 1.54) is 0 Å². The summed E-state index contributed by atoms with van der Waals surface area (Å²) in [5.41, 5.74) is 4.44. The van der Waals surface area contributed by atoms with Crippen LogP contribution in [-0.4, -0.2) is 41.0 Å². The van der Waals surface area contributed by atoms with Crippen molar-refractivity contribution in [1.82, 2.24) is 5.32 Å². The number of carbonyl (C=O) groups is 3. The summed E-state index contributed by atoms with van der Waals surface area (Å²) in [6.45, 7) is 12.2. The van der Waals surface area contributed by atoms with Crippen LogP contribution in [-0.2, 0) is 14.3 Å². The van der Waals surface area contributed by atoms with E-state index in [-0.39, 0.29) is 11.6 Å². The summed E-state index contributed by atoms with van der Waals surface area (Å²) in [6.07, 6.45) is 1.06. The van der Waals surface area contributed by atoms with Gasteiger partial charge in [-0.15, -0.1) is 0 Å². The van der Waals surface area contributed by atoms with Crippen LogP contribution >= 0.6 is 0 Å². The van der Waals surface area contributed by atoms with Crippen LogP contribution < -0.4 is 11.1 Å². The first-order chi connectivity index (χ1) is 12.2. The summed E-state index contributed by atoms with van der Waals surface area (Å²) in [7, 11) is 0. The highest BCUT2D eigenvalue weighted by Gasteiger charge is 2.20. The molecule has 0 heterocycles. The number of nitrogens with two attached hydrogens (primary N) is 1. The van der Waals surface area contributed by atoms with Gasteiger partial charge in [-0.1, -0.05) is 13.3 Å². The molecule has 0 spiro atoms. The van der Waals surface area contributed by atoms with E-state index in [4.69, 9.17) is 15.2 Å². The van der Waals surface area contributed by atoms with E-state index in [0.717, 1.165) is 0 Å². The van der Waals surface area contributed by atoms with E-state index in [9.17, 15) is 14.4 Å². The molecule has 0 saturated heterocycles. The van der Waals surface area contributed by atoms with Crippen LogP contribution in [0, 0.1) is 0 Å². The van der Waals surface area contributed by atoms with Crippen molar-refractivity contribution in [2.45, 2.75) is 97.8 Å². The predicted molar refractivity (Wildman–Crippen MR) is 105 cm³/mol. The summed E-state index contributed by atoms with van der Waals surface area (Å²) in [5.74, 6) is 0.179. The van der Waals surface area contributed by atoms with Gasteiger partial charge >= 0.3 is 12.2 Å². The second-order valence-corrected chi connectivity index (χ2v) is 8.34. The van der Waals surface area contributed by atoms with Crippen LogP contribution in [0.3, 0.4) is 0 Å². The Kier molecular flexibility index (Phi) is 10.2. The minimum atomic E-state index is -0.786. The molecule has 156 valence electrons. The van der Waals surface area contributed by atoms with Crippen molar-refractivity contribution in [3.8, 4) is 0 Å². The van der Waals surface area contributed by atoms with E-state index in [0.29, 0.717) is 32.1 Å². The number of nitrogens with zero attached hydrogens (tertiary/aromatic N) is 1. The van der Waals surface area contributed by atoms with Crippen molar-refractivity contribution in [2.24, 2.45) is 10.7 Å². The summed E-state index contributed by atoms with van der Waals surface area (Å²) >= 11 is 0. The van der Waals surface area contributed by atoms with Gasteiger partial charge in [0.1, 0.15) is 22.8 Å². The third-order valence-corrected chi connectivity index (χ3v) is 3.21. The van der Waals surface area contributed by atoms with Gasteiger partial charge in [0.05, 0.1) is 6.04 Å². The molecule has 0 aromatic carbocycles. The summed E-state index contributed by atoms with van der Waals surface area (Å²) in [6, 6.07) is -0.486. The summed E-state index contributed by atoms with van der Waals surface area (Å²) < 4.78 is 10.4. The molecule has 0 saturated carbocycles. The number of amidine groups is 1. The van der Waals surface area contributed by atoms with E-state index in [1.54, 1.807) is 48.5 Å². The van der Waals surface area contributed by atoms with Gasteiger partial charge in [-0.3, -0.25) is 10.1 Å². The molecule has 8 nitrogen and oxygen atoms in total. The number of unbranched alkanes of at least 4 members (excludes halogenated alkanes) is 1. The Bertz CT molecular complexity index is 545. The number of rotatable bonds is 7. The molecule has 2 amide bonds. The maximum absolute atomic E-state index is 12.0. The maximum atomic E-state index is 12.0. The second-order valence-electron chi connectivity index (χ2n) is 8.34. The third-order valence-electron chi connectivity index (χ3n) is 3.21. The molecule has 0 aromatic heterocycles. The topological polar surface area (TPSA) is 120 Å². The van der Waals surface area contributed by atoms with Crippen LogP contribution in [0.4, 0.5) is 9.59 Å². The lowest BCUT2D eigenvalue weighted by atomic mass is 10.0. The lowest BCUT2D eigenvalue weighted by Crippen LogP contribution is -2.37. The first kappa shape index (κ1) is 25.0. The fourth-order valence-electron chi connectivity index (χ4n) is 2.04. The second kappa shape index (κ2) is 11.0. The van der Waals surface area contributed by atoms with Crippen LogP contribution in [0.1, 0.15) is 80.6 Å². The zero-order chi connectivity index (χ0) is 21.3. The molecule has 8 heteroatoms. The van der Waals surface area contributed by atoms with Gasteiger partial charge in [-0.25, -0.2) is 9.59 Å². The van der Waals surface area contributed by atoms with Crippen molar-refractivity contribution in [3.05, 3.63) is 0 Å². The highest BCUT2D eigenvalue weighted by Crippen LogP contribution is 2.11. The minimum absolute atomic E-state index is 0.0181. The molecule has 0 fully saturated rings. The number of aliphatic imine (C=N–C) groups is 1. The number of alkyl carbamates (subject to hydrolysis) is 1. The number of ether oxygens (including phenoxy) is 2. The molecule has 0 aliphatic heterocycles. The Morgan fingerprint density at radius 2 is 1.56 bits per heavy atom. The molecule has 0 aliphatic rings. The summed E-state index contributed by atoms with van der Waals surface area (Å²) in [5, 5.41) is 2.50. The minimum Gasteiger partial charge on any atom is -0.444 e. The molecule has 0 rings (SSSR count). The molecule has 27 heavy (non-hydrogen) atoms. The van der Waals surface area contributed by atoms with Gasteiger partial charge in [-0.05, 0) is 54.4 Å². The van der Waals surface area contributed by atoms with E-state index in [2.05, 4.69) is 10.3 Å². The van der Waals surface area contributed by atoms with Gasteiger partial charge in [-0.2, -0.15) is 4.99 Å². The molecule has 0 aliphatic carbocycles. The van der Waals surface area contributed by atoms with Gasteiger partial charge in [0.2, 0.25) is 0 Å². The van der Waals surface area contributed by atoms with E-state index in [1.807, 2.05) is 0 Å². The number of Topliss-reactive ketones (excluding diaryl/α,β-unsaturated/α-hetero) is 1. The Morgan fingerprint density at radius 1 is 1.00 bits per heavy atom. The first-order valence-corrected chi connectivity index (χ1v) is 9.32. The predicted octanol–water partition coefficient (Wildman–Crippen LogP) is 3.71. The Labute approximate surface area is 162 Å². The van der Waals surface area contributed by atoms with Crippen LogP contribution in [0.25, 0.3) is 0 Å². The number of ketones is 1. The van der Waals surface area contributed by atoms with Gasteiger partial charge in [0.15, 0.2) is 0 Å². The van der Waals surface area contributed by atoms with Crippen molar-refractivity contribution < 1.29 is 23.9 Å². The Hall–Kier alpha value is -1.96. The smallest absolute Gasteiger partial charge is 0.435 e. The number of nitrogens with one attached hydrogen (secondary N) is 1. The van der Waals surface area contributed by atoms with E-state index < -0.39 is 29.4 Å². The molecule has 0 bridgehead atoms. The number of hydrogen-bond donors (Lipinski definition) is 2. The quantitative estimate of drug-likeness (QED) is 0.391. The van der Waals surface area contributed by atoms with Crippen LogP contribution in [0.5, 0.6) is 0 Å².